The summed E-state index contributed by atoms with van der Waals surface area (Å²) in [6.07, 6.45) is -2.72. The van der Waals surface area contributed by atoms with Crippen LogP contribution in [0.4, 0.5) is 18.9 Å². The predicted molar refractivity (Wildman–Crippen MR) is 108 cm³/mol. The SMILES string of the molecule is Cc1cc(C)c(/C=C2\SC(=S)N(c3cccc(C(F)(F)F)c3)C2=O)c(C)c1. The van der Waals surface area contributed by atoms with Crippen LogP contribution in [0.3, 0.4) is 0 Å². The van der Waals surface area contributed by atoms with Gasteiger partial charge >= 0.3 is 6.18 Å². The van der Waals surface area contributed by atoms with Gasteiger partial charge in [-0.15, -0.1) is 0 Å². The van der Waals surface area contributed by atoms with Crippen molar-refractivity contribution >= 4 is 46.0 Å². The second kappa shape index (κ2) is 7.13. The van der Waals surface area contributed by atoms with Gasteiger partial charge in [0.2, 0.25) is 0 Å². The number of hydrogen-bond acceptors (Lipinski definition) is 3. The minimum absolute atomic E-state index is 0.119. The highest BCUT2D eigenvalue weighted by atomic mass is 32.2. The van der Waals surface area contributed by atoms with Crippen molar-refractivity contribution in [3.63, 3.8) is 0 Å². The fraction of sp³-hybridized carbons (Fsp3) is 0.200. The predicted octanol–water partition coefficient (Wildman–Crippen LogP) is 6.04. The third-order valence-corrected chi connectivity index (χ3v) is 5.54. The first-order valence-electron chi connectivity index (χ1n) is 8.11. The molecular weight excluding hydrogens is 391 g/mol. The molecule has 0 aromatic heterocycles. The summed E-state index contributed by atoms with van der Waals surface area (Å²) in [6, 6.07) is 8.67. The number of thioether (sulfide) groups is 1. The van der Waals surface area contributed by atoms with Crippen molar-refractivity contribution in [1.29, 1.82) is 0 Å². The molecule has 1 saturated heterocycles. The van der Waals surface area contributed by atoms with Crippen molar-refractivity contribution in [2.24, 2.45) is 0 Å². The lowest BCUT2D eigenvalue weighted by Gasteiger charge is -2.16. The zero-order valence-electron chi connectivity index (χ0n) is 14.8. The molecule has 2 nitrogen and oxygen atoms in total. The maximum Gasteiger partial charge on any atom is 0.416 e. The number of halogens is 3. The summed E-state index contributed by atoms with van der Waals surface area (Å²) >= 11 is 6.36. The highest BCUT2D eigenvalue weighted by molar-refractivity contribution is 8.27. The van der Waals surface area contributed by atoms with Crippen molar-refractivity contribution in [3.05, 3.63) is 69.1 Å². The second-order valence-corrected chi connectivity index (χ2v) is 8.05. The van der Waals surface area contributed by atoms with E-state index in [9.17, 15) is 18.0 Å². The fourth-order valence-electron chi connectivity index (χ4n) is 3.06. The molecule has 0 radical (unpaired) electrons. The Morgan fingerprint density at radius 3 is 2.30 bits per heavy atom. The number of thiocarbonyl (C=S) groups is 1. The third kappa shape index (κ3) is 3.94. The van der Waals surface area contributed by atoms with E-state index < -0.39 is 17.6 Å². The Labute approximate surface area is 165 Å². The van der Waals surface area contributed by atoms with Crippen LogP contribution in [0.5, 0.6) is 0 Å². The number of carbonyl (C=O) groups is 1. The second-order valence-electron chi connectivity index (χ2n) is 6.38. The highest BCUT2D eigenvalue weighted by Crippen LogP contribution is 2.39. The van der Waals surface area contributed by atoms with E-state index in [0.29, 0.717) is 4.91 Å². The number of aryl methyl sites for hydroxylation is 3. The van der Waals surface area contributed by atoms with Gasteiger partial charge in [-0.3, -0.25) is 9.69 Å². The van der Waals surface area contributed by atoms with Gasteiger partial charge in [-0.2, -0.15) is 13.2 Å². The molecule has 0 atom stereocenters. The lowest BCUT2D eigenvalue weighted by atomic mass is 9.99. The maximum atomic E-state index is 13.0. The molecule has 0 bridgehead atoms. The minimum Gasteiger partial charge on any atom is -0.268 e. The van der Waals surface area contributed by atoms with Crippen molar-refractivity contribution in [3.8, 4) is 0 Å². The van der Waals surface area contributed by atoms with Gasteiger partial charge < -0.3 is 0 Å². The van der Waals surface area contributed by atoms with Gasteiger partial charge in [0.1, 0.15) is 0 Å². The Balaban J connectivity index is 2.00. The van der Waals surface area contributed by atoms with Gasteiger partial charge in [-0.1, -0.05) is 47.7 Å². The standard InChI is InChI=1S/C20H16F3NOS2/c1-11-7-12(2)16(13(3)8-11)10-17-18(25)24(19(26)27-17)15-6-4-5-14(9-15)20(21,22)23/h4-10H,1-3H3/b17-10-. The van der Waals surface area contributed by atoms with E-state index in [-0.39, 0.29) is 10.0 Å². The van der Waals surface area contributed by atoms with Gasteiger partial charge in [0.15, 0.2) is 4.32 Å². The number of amides is 1. The molecule has 1 aliphatic heterocycles. The summed E-state index contributed by atoms with van der Waals surface area (Å²) in [5, 5.41) is 0. The molecule has 2 aromatic carbocycles. The average molecular weight is 407 g/mol. The van der Waals surface area contributed by atoms with Crippen LogP contribution in [0.2, 0.25) is 0 Å². The molecule has 0 N–H and O–H groups in total. The molecule has 1 aliphatic rings. The largest absolute Gasteiger partial charge is 0.416 e. The van der Waals surface area contributed by atoms with Crippen LogP contribution in [0.1, 0.15) is 27.8 Å². The summed E-state index contributed by atoms with van der Waals surface area (Å²) in [5.74, 6) is -0.413. The topological polar surface area (TPSA) is 20.3 Å². The lowest BCUT2D eigenvalue weighted by Crippen LogP contribution is -2.27. The molecule has 140 valence electrons. The summed E-state index contributed by atoms with van der Waals surface area (Å²) in [6.45, 7) is 5.91. The average Bonchev–Trinajstić information content (AvgIpc) is 2.84. The van der Waals surface area contributed by atoms with E-state index in [1.54, 1.807) is 6.08 Å². The van der Waals surface area contributed by atoms with Gasteiger partial charge in [0.05, 0.1) is 16.2 Å². The molecule has 0 spiro atoms. The monoisotopic (exact) mass is 407 g/mol. The first kappa shape index (κ1) is 19.6. The quantitative estimate of drug-likeness (QED) is 0.447. The number of nitrogens with zero attached hydrogens (tertiary/aromatic N) is 1. The Hall–Kier alpha value is -2.12. The van der Waals surface area contributed by atoms with Gasteiger partial charge in [-0.05, 0) is 61.7 Å². The number of benzene rings is 2. The molecule has 1 heterocycles. The summed E-state index contributed by atoms with van der Waals surface area (Å²) in [4.78, 5) is 14.4. The Bertz CT molecular complexity index is 956. The molecule has 1 fully saturated rings. The van der Waals surface area contributed by atoms with Crippen LogP contribution in [0.15, 0.2) is 41.3 Å². The number of alkyl halides is 3. The van der Waals surface area contributed by atoms with E-state index >= 15 is 0 Å². The summed E-state index contributed by atoms with van der Waals surface area (Å²) in [5.41, 5.74) is 3.40. The first-order valence-corrected chi connectivity index (χ1v) is 9.33. The number of rotatable bonds is 2. The van der Waals surface area contributed by atoms with Crippen molar-refractivity contribution in [1.82, 2.24) is 0 Å². The fourth-order valence-corrected chi connectivity index (χ4v) is 4.34. The van der Waals surface area contributed by atoms with E-state index in [2.05, 4.69) is 0 Å². The normalized spacial score (nSPS) is 16.5. The molecule has 7 heteroatoms. The molecule has 0 unspecified atom stereocenters. The molecule has 0 saturated carbocycles. The van der Waals surface area contributed by atoms with Crippen LogP contribution >= 0.6 is 24.0 Å². The Morgan fingerprint density at radius 2 is 1.70 bits per heavy atom. The summed E-state index contributed by atoms with van der Waals surface area (Å²) < 4.78 is 39.2. The van der Waals surface area contributed by atoms with E-state index in [1.165, 1.54) is 12.1 Å². The Kier molecular flexibility index (Phi) is 5.18. The zero-order chi connectivity index (χ0) is 19.9. The first-order chi connectivity index (χ1) is 12.6. The van der Waals surface area contributed by atoms with Crippen LogP contribution in [0.25, 0.3) is 6.08 Å². The van der Waals surface area contributed by atoms with E-state index in [1.807, 2.05) is 32.9 Å². The van der Waals surface area contributed by atoms with Crippen molar-refractivity contribution in [2.75, 3.05) is 4.90 Å². The van der Waals surface area contributed by atoms with Crippen LogP contribution in [-0.2, 0) is 11.0 Å². The number of anilines is 1. The zero-order valence-corrected chi connectivity index (χ0v) is 16.5. The highest BCUT2D eigenvalue weighted by Gasteiger charge is 2.36. The van der Waals surface area contributed by atoms with E-state index in [0.717, 1.165) is 51.0 Å². The van der Waals surface area contributed by atoms with Gasteiger partial charge in [-0.25, -0.2) is 0 Å². The number of hydrogen-bond donors (Lipinski definition) is 0. The lowest BCUT2D eigenvalue weighted by molar-refractivity contribution is -0.137. The smallest absolute Gasteiger partial charge is 0.268 e. The molecule has 0 aliphatic carbocycles. The molecule has 2 aromatic rings. The van der Waals surface area contributed by atoms with Gasteiger partial charge in [0, 0.05) is 0 Å². The van der Waals surface area contributed by atoms with Crippen molar-refractivity contribution in [2.45, 2.75) is 26.9 Å². The van der Waals surface area contributed by atoms with Crippen LogP contribution in [0, 0.1) is 20.8 Å². The Morgan fingerprint density at radius 1 is 1.07 bits per heavy atom. The molecule has 1 amide bonds. The molecule has 3 rings (SSSR count). The minimum atomic E-state index is -4.48. The summed E-state index contributed by atoms with van der Waals surface area (Å²) in [7, 11) is 0. The van der Waals surface area contributed by atoms with E-state index in [4.69, 9.17) is 12.2 Å². The third-order valence-electron chi connectivity index (χ3n) is 4.24. The van der Waals surface area contributed by atoms with Crippen LogP contribution in [-0.4, -0.2) is 10.2 Å². The molecule has 27 heavy (non-hydrogen) atoms. The maximum absolute atomic E-state index is 13.0. The van der Waals surface area contributed by atoms with Crippen LogP contribution < -0.4 is 4.90 Å². The number of carbonyl (C=O) groups excluding carboxylic acids is 1. The molecular formula is C20H16F3NOS2. The van der Waals surface area contributed by atoms with Gasteiger partial charge in [0.25, 0.3) is 5.91 Å². The van der Waals surface area contributed by atoms with Crippen molar-refractivity contribution < 1.29 is 18.0 Å².